The van der Waals surface area contributed by atoms with E-state index in [1.165, 1.54) is 0 Å². The number of aromatic nitrogens is 1. The lowest BCUT2D eigenvalue weighted by molar-refractivity contribution is -0.125. The lowest BCUT2D eigenvalue weighted by Crippen LogP contribution is -2.47. The number of nitriles is 1. The smallest absolute Gasteiger partial charge is 0.223 e. The van der Waals surface area contributed by atoms with Crippen LogP contribution in [0.1, 0.15) is 18.4 Å². The van der Waals surface area contributed by atoms with Gasteiger partial charge < -0.3 is 15.1 Å². The van der Waals surface area contributed by atoms with E-state index in [1.807, 2.05) is 24.3 Å². The minimum Gasteiger partial charge on any atom is -0.371 e. The molecule has 4 rings (SSSR count). The first kappa shape index (κ1) is 20.6. The summed E-state index contributed by atoms with van der Waals surface area (Å²) < 4.78 is 0. The van der Waals surface area contributed by atoms with E-state index >= 15 is 0 Å². The van der Waals surface area contributed by atoms with Crippen molar-refractivity contribution >= 4 is 22.5 Å². The fraction of sp³-hybridized carbons (Fsp3) is 0.522. The molecule has 1 aromatic heterocycles. The van der Waals surface area contributed by atoms with Crippen LogP contribution in [0, 0.1) is 17.2 Å². The molecule has 2 aromatic rings. The van der Waals surface area contributed by atoms with Crippen LogP contribution >= 0.6 is 0 Å². The van der Waals surface area contributed by atoms with Gasteiger partial charge in [-0.1, -0.05) is 0 Å². The quantitative estimate of drug-likeness (QED) is 0.814. The van der Waals surface area contributed by atoms with Crippen molar-refractivity contribution in [2.24, 2.45) is 5.92 Å². The lowest BCUT2D eigenvalue weighted by atomic mass is 9.95. The Balaban J connectivity index is 1.29. The Morgan fingerprint density at radius 3 is 2.67 bits per heavy atom. The highest BCUT2D eigenvalue weighted by Crippen LogP contribution is 2.31. The first-order valence-electron chi connectivity index (χ1n) is 10.9. The summed E-state index contributed by atoms with van der Waals surface area (Å²) in [5, 5.41) is 13.5. The van der Waals surface area contributed by atoms with Gasteiger partial charge in [0.1, 0.15) is 6.07 Å². The summed E-state index contributed by atoms with van der Waals surface area (Å²) in [6, 6.07) is 10.0. The Labute approximate surface area is 178 Å². The molecule has 30 heavy (non-hydrogen) atoms. The average Bonchev–Trinajstić information content (AvgIpc) is 2.79. The molecule has 0 atom stereocenters. The molecule has 3 heterocycles. The van der Waals surface area contributed by atoms with E-state index < -0.39 is 0 Å². The van der Waals surface area contributed by atoms with E-state index in [-0.39, 0.29) is 11.8 Å². The van der Waals surface area contributed by atoms with Gasteiger partial charge in [-0.2, -0.15) is 5.26 Å². The molecule has 0 spiro atoms. The summed E-state index contributed by atoms with van der Waals surface area (Å²) in [6.45, 7) is 7.71. The second-order valence-corrected chi connectivity index (χ2v) is 8.34. The number of rotatable bonds is 5. The third-order valence-electron chi connectivity index (χ3n) is 6.40. The number of hydrogen-bond donors (Lipinski definition) is 1. The number of fused-ring (bicyclic) bond motifs is 1. The molecule has 0 bridgehead atoms. The summed E-state index contributed by atoms with van der Waals surface area (Å²) in [4.78, 5) is 24.1. The molecular weight excluding hydrogens is 376 g/mol. The number of piperazine rings is 1. The molecule has 0 aliphatic carbocycles. The van der Waals surface area contributed by atoms with E-state index in [2.05, 4.69) is 38.1 Å². The topological polar surface area (TPSA) is 75.5 Å². The monoisotopic (exact) mass is 406 g/mol. The number of benzene rings is 1. The fourth-order valence-electron chi connectivity index (χ4n) is 4.46. The molecule has 2 saturated heterocycles. The number of carbonyl (C=O) groups is 1. The summed E-state index contributed by atoms with van der Waals surface area (Å²) >= 11 is 0. The van der Waals surface area contributed by atoms with Crippen LogP contribution in [-0.4, -0.2) is 80.1 Å². The normalized spacial score (nSPS) is 19.0. The molecule has 2 fully saturated rings. The van der Waals surface area contributed by atoms with Crippen LogP contribution < -0.4 is 10.2 Å². The van der Waals surface area contributed by atoms with E-state index in [0.29, 0.717) is 5.56 Å². The molecule has 0 unspecified atom stereocenters. The Kier molecular flexibility index (Phi) is 6.46. The van der Waals surface area contributed by atoms with Gasteiger partial charge in [0.2, 0.25) is 5.91 Å². The number of piperidine rings is 1. The van der Waals surface area contributed by atoms with E-state index in [0.717, 1.165) is 81.8 Å². The molecule has 1 aromatic carbocycles. The van der Waals surface area contributed by atoms with Gasteiger partial charge in [0.25, 0.3) is 0 Å². The van der Waals surface area contributed by atoms with Crippen molar-refractivity contribution in [3.63, 3.8) is 0 Å². The molecule has 2 aliphatic heterocycles. The summed E-state index contributed by atoms with van der Waals surface area (Å²) in [5.41, 5.74) is 2.45. The molecule has 1 N–H and O–H groups in total. The first-order chi connectivity index (χ1) is 14.7. The Morgan fingerprint density at radius 1 is 1.17 bits per heavy atom. The molecule has 7 nitrogen and oxygen atoms in total. The maximum absolute atomic E-state index is 12.6. The van der Waals surface area contributed by atoms with Crippen LogP contribution in [0.2, 0.25) is 0 Å². The van der Waals surface area contributed by atoms with Gasteiger partial charge in [-0.05, 0) is 44.2 Å². The minimum atomic E-state index is 0.0801. The second kappa shape index (κ2) is 9.41. The summed E-state index contributed by atoms with van der Waals surface area (Å²) in [5.74, 6) is 0.270. The predicted molar refractivity (Wildman–Crippen MR) is 118 cm³/mol. The summed E-state index contributed by atoms with van der Waals surface area (Å²) in [6.07, 6.45) is 3.43. The van der Waals surface area contributed by atoms with Crippen LogP contribution in [0.4, 0.5) is 5.69 Å². The van der Waals surface area contributed by atoms with Crippen molar-refractivity contribution in [3.8, 4) is 6.07 Å². The third kappa shape index (κ3) is 4.55. The number of carbonyl (C=O) groups excluding carboxylic acids is 1. The van der Waals surface area contributed by atoms with Crippen molar-refractivity contribution in [1.82, 2.24) is 20.1 Å². The molecule has 158 valence electrons. The standard InChI is InChI=1S/C23H30N6O/c1-27-13-15-28(16-14-27)12-9-26-23(30)18-6-10-29(11-7-18)21-5-4-19(17-24)22-20(21)3-2-8-25-22/h2-5,8,18H,6-7,9-16H2,1H3,(H,26,30). The molecule has 7 heteroatoms. The maximum atomic E-state index is 12.6. The SMILES string of the molecule is CN1CCN(CCNC(=O)C2CCN(c3ccc(C#N)c4ncccc34)CC2)CC1. The van der Waals surface area contributed by atoms with Crippen LogP contribution in [-0.2, 0) is 4.79 Å². The van der Waals surface area contributed by atoms with Gasteiger partial charge >= 0.3 is 0 Å². The van der Waals surface area contributed by atoms with Crippen molar-refractivity contribution in [1.29, 1.82) is 5.26 Å². The molecule has 0 radical (unpaired) electrons. The molecule has 2 aliphatic rings. The van der Waals surface area contributed by atoms with Crippen molar-refractivity contribution in [2.75, 3.05) is 64.3 Å². The van der Waals surface area contributed by atoms with E-state index in [9.17, 15) is 10.1 Å². The third-order valence-corrected chi connectivity index (χ3v) is 6.40. The van der Waals surface area contributed by atoms with Gasteiger partial charge in [0.05, 0.1) is 11.1 Å². The number of pyridine rings is 1. The van der Waals surface area contributed by atoms with Gasteiger partial charge in [-0.25, -0.2) is 0 Å². The van der Waals surface area contributed by atoms with Crippen molar-refractivity contribution in [2.45, 2.75) is 12.8 Å². The number of nitrogens with one attached hydrogen (secondary N) is 1. The van der Waals surface area contributed by atoms with Crippen LogP contribution in [0.25, 0.3) is 10.9 Å². The zero-order valence-corrected chi connectivity index (χ0v) is 17.7. The highest BCUT2D eigenvalue weighted by Gasteiger charge is 2.26. The Morgan fingerprint density at radius 2 is 1.93 bits per heavy atom. The second-order valence-electron chi connectivity index (χ2n) is 8.34. The first-order valence-corrected chi connectivity index (χ1v) is 10.9. The largest absolute Gasteiger partial charge is 0.371 e. The lowest BCUT2D eigenvalue weighted by Gasteiger charge is -2.34. The minimum absolute atomic E-state index is 0.0801. The Hall–Kier alpha value is -2.69. The van der Waals surface area contributed by atoms with Gasteiger partial charge in [-0.15, -0.1) is 0 Å². The molecule has 1 amide bonds. The predicted octanol–water partition coefficient (Wildman–Crippen LogP) is 1.69. The van der Waals surface area contributed by atoms with E-state index in [4.69, 9.17) is 0 Å². The zero-order valence-electron chi connectivity index (χ0n) is 17.7. The maximum Gasteiger partial charge on any atom is 0.223 e. The highest BCUT2D eigenvalue weighted by molar-refractivity contribution is 5.95. The number of hydrogen-bond acceptors (Lipinski definition) is 6. The van der Waals surface area contributed by atoms with E-state index in [1.54, 1.807) is 6.20 Å². The zero-order chi connectivity index (χ0) is 20.9. The van der Waals surface area contributed by atoms with Crippen molar-refractivity contribution in [3.05, 3.63) is 36.0 Å². The fourth-order valence-corrected chi connectivity index (χ4v) is 4.46. The Bertz CT molecular complexity index is 923. The van der Waals surface area contributed by atoms with Crippen molar-refractivity contribution < 1.29 is 4.79 Å². The number of nitrogens with zero attached hydrogens (tertiary/aromatic N) is 5. The summed E-state index contributed by atoms with van der Waals surface area (Å²) in [7, 11) is 2.16. The van der Waals surface area contributed by atoms with Gasteiger partial charge in [0.15, 0.2) is 0 Å². The van der Waals surface area contributed by atoms with Crippen LogP contribution in [0.3, 0.4) is 0 Å². The average molecular weight is 407 g/mol. The number of anilines is 1. The van der Waals surface area contributed by atoms with Crippen LogP contribution in [0.5, 0.6) is 0 Å². The number of amides is 1. The highest BCUT2D eigenvalue weighted by atomic mass is 16.1. The molecular formula is C23H30N6O. The van der Waals surface area contributed by atoms with Gasteiger partial charge in [-0.3, -0.25) is 14.7 Å². The van der Waals surface area contributed by atoms with Crippen LogP contribution in [0.15, 0.2) is 30.5 Å². The van der Waals surface area contributed by atoms with Gasteiger partial charge in [0, 0.05) is 75.5 Å². The number of likely N-dealkylation sites (N-methyl/N-ethyl adjacent to an activating group) is 1. The molecule has 0 saturated carbocycles.